The SMILES string of the molecule is Cc1nn(C)c(C)c1Oc1ncnc(NN)c1Br. The Morgan fingerprint density at radius 3 is 2.67 bits per heavy atom. The van der Waals surface area contributed by atoms with Crippen LogP contribution in [0.5, 0.6) is 11.6 Å². The lowest BCUT2D eigenvalue weighted by molar-refractivity contribution is 0.451. The quantitative estimate of drug-likeness (QED) is 0.661. The normalized spacial score (nSPS) is 10.5. The Hall–Kier alpha value is -1.67. The molecule has 2 heterocycles. The van der Waals surface area contributed by atoms with Crippen molar-refractivity contribution in [2.45, 2.75) is 13.8 Å². The van der Waals surface area contributed by atoms with E-state index in [1.54, 1.807) is 4.68 Å². The summed E-state index contributed by atoms with van der Waals surface area (Å²) in [6.45, 7) is 3.80. The molecule has 0 radical (unpaired) electrons. The van der Waals surface area contributed by atoms with Gasteiger partial charge in [-0.3, -0.25) is 4.68 Å². The van der Waals surface area contributed by atoms with Crippen molar-refractivity contribution in [1.29, 1.82) is 0 Å². The number of hydrogen-bond donors (Lipinski definition) is 2. The summed E-state index contributed by atoms with van der Waals surface area (Å²) in [5.74, 6) is 6.86. The van der Waals surface area contributed by atoms with Crippen LogP contribution in [0.15, 0.2) is 10.8 Å². The molecule has 0 aliphatic heterocycles. The molecule has 0 atom stereocenters. The molecule has 0 unspecified atom stereocenters. The van der Waals surface area contributed by atoms with Crippen molar-refractivity contribution in [1.82, 2.24) is 19.7 Å². The fourth-order valence-corrected chi connectivity index (χ4v) is 1.92. The second-order valence-corrected chi connectivity index (χ2v) is 4.50. The Bertz CT molecular complexity index is 582. The van der Waals surface area contributed by atoms with Crippen LogP contribution in [-0.4, -0.2) is 19.7 Å². The number of aryl methyl sites for hydroxylation is 2. The Balaban J connectivity index is 2.40. The van der Waals surface area contributed by atoms with Crippen LogP contribution < -0.4 is 16.0 Å². The van der Waals surface area contributed by atoms with Crippen molar-refractivity contribution in [3.05, 3.63) is 22.2 Å². The van der Waals surface area contributed by atoms with Gasteiger partial charge in [0.15, 0.2) is 11.6 Å². The van der Waals surface area contributed by atoms with Gasteiger partial charge in [0, 0.05) is 7.05 Å². The van der Waals surface area contributed by atoms with Crippen LogP contribution in [0, 0.1) is 13.8 Å². The predicted molar refractivity (Wildman–Crippen MR) is 70.3 cm³/mol. The molecule has 7 nitrogen and oxygen atoms in total. The van der Waals surface area contributed by atoms with Gasteiger partial charge >= 0.3 is 0 Å². The molecule has 0 amide bonds. The molecule has 2 aromatic rings. The van der Waals surface area contributed by atoms with Gasteiger partial charge in [0.25, 0.3) is 0 Å². The van der Waals surface area contributed by atoms with Gasteiger partial charge in [0.2, 0.25) is 5.88 Å². The van der Waals surface area contributed by atoms with Gasteiger partial charge in [-0.15, -0.1) is 0 Å². The van der Waals surface area contributed by atoms with E-state index in [4.69, 9.17) is 10.6 Å². The zero-order valence-electron chi connectivity index (χ0n) is 10.2. The number of hydrogen-bond acceptors (Lipinski definition) is 6. The highest BCUT2D eigenvalue weighted by Crippen LogP contribution is 2.33. The highest BCUT2D eigenvalue weighted by Gasteiger charge is 2.16. The van der Waals surface area contributed by atoms with Crippen molar-refractivity contribution < 1.29 is 4.74 Å². The van der Waals surface area contributed by atoms with Gasteiger partial charge in [-0.25, -0.2) is 15.8 Å². The zero-order valence-corrected chi connectivity index (χ0v) is 11.8. The number of anilines is 1. The molecule has 0 bridgehead atoms. The molecule has 0 saturated carbocycles. The Morgan fingerprint density at radius 2 is 2.11 bits per heavy atom. The summed E-state index contributed by atoms with van der Waals surface area (Å²) in [6.07, 6.45) is 1.37. The van der Waals surface area contributed by atoms with E-state index in [-0.39, 0.29) is 0 Å². The van der Waals surface area contributed by atoms with Gasteiger partial charge in [-0.1, -0.05) is 0 Å². The standard InChI is InChI=1S/C10H13BrN6O/c1-5-8(6(2)17(3)16-5)18-10-7(11)9(15-12)13-4-14-10/h4H,12H2,1-3H3,(H,13,14,15). The van der Waals surface area contributed by atoms with Gasteiger partial charge < -0.3 is 10.2 Å². The van der Waals surface area contributed by atoms with Crippen LogP contribution in [0.25, 0.3) is 0 Å². The lowest BCUT2D eigenvalue weighted by Gasteiger charge is -2.08. The number of rotatable bonds is 3. The van der Waals surface area contributed by atoms with Gasteiger partial charge in [-0.05, 0) is 29.8 Å². The van der Waals surface area contributed by atoms with E-state index in [2.05, 4.69) is 36.4 Å². The van der Waals surface area contributed by atoms with Gasteiger partial charge in [0.1, 0.15) is 16.5 Å². The third-order valence-corrected chi connectivity index (χ3v) is 3.25. The number of ether oxygens (including phenoxy) is 1. The molecule has 8 heteroatoms. The van der Waals surface area contributed by atoms with E-state index < -0.39 is 0 Å². The van der Waals surface area contributed by atoms with Crippen molar-refractivity contribution in [3.8, 4) is 11.6 Å². The van der Waals surface area contributed by atoms with Crippen molar-refractivity contribution in [2.24, 2.45) is 12.9 Å². The molecule has 3 N–H and O–H groups in total. The third-order valence-electron chi connectivity index (χ3n) is 2.54. The van der Waals surface area contributed by atoms with Crippen molar-refractivity contribution >= 4 is 21.7 Å². The van der Waals surface area contributed by atoms with Crippen LogP contribution in [0.3, 0.4) is 0 Å². The fraction of sp³-hybridized carbons (Fsp3) is 0.300. The monoisotopic (exact) mass is 312 g/mol. The highest BCUT2D eigenvalue weighted by molar-refractivity contribution is 9.10. The number of aromatic nitrogens is 4. The van der Waals surface area contributed by atoms with Gasteiger partial charge in [0.05, 0.1) is 5.69 Å². The minimum absolute atomic E-state index is 0.386. The summed E-state index contributed by atoms with van der Waals surface area (Å²) in [4.78, 5) is 8.02. The minimum Gasteiger partial charge on any atom is -0.434 e. The lowest BCUT2D eigenvalue weighted by atomic mass is 10.3. The summed E-state index contributed by atoms with van der Waals surface area (Å²) < 4.78 is 8.07. The highest BCUT2D eigenvalue weighted by atomic mass is 79.9. The Kier molecular flexibility index (Phi) is 3.48. The predicted octanol–water partition coefficient (Wildman–Crippen LogP) is 1.67. The van der Waals surface area contributed by atoms with E-state index >= 15 is 0 Å². The minimum atomic E-state index is 0.386. The smallest absolute Gasteiger partial charge is 0.239 e. The maximum absolute atomic E-state index is 5.76. The van der Waals surface area contributed by atoms with E-state index in [1.807, 2.05) is 20.9 Å². The number of nitrogens with one attached hydrogen (secondary N) is 1. The molecule has 0 aliphatic carbocycles. The first-order valence-electron chi connectivity index (χ1n) is 5.19. The zero-order chi connectivity index (χ0) is 13.3. The van der Waals surface area contributed by atoms with Crippen molar-refractivity contribution in [2.75, 3.05) is 5.43 Å². The van der Waals surface area contributed by atoms with Crippen LogP contribution in [-0.2, 0) is 7.05 Å². The average molecular weight is 313 g/mol. The Morgan fingerprint density at radius 1 is 1.39 bits per heavy atom. The third kappa shape index (κ3) is 2.16. The topological polar surface area (TPSA) is 90.9 Å². The number of hydrazine groups is 1. The second-order valence-electron chi connectivity index (χ2n) is 3.71. The fourth-order valence-electron chi connectivity index (χ4n) is 1.52. The molecule has 96 valence electrons. The molecule has 0 aliphatic rings. The summed E-state index contributed by atoms with van der Waals surface area (Å²) in [5, 5.41) is 4.27. The van der Waals surface area contributed by atoms with E-state index in [0.29, 0.717) is 21.9 Å². The molecular formula is C10H13BrN6O. The van der Waals surface area contributed by atoms with Gasteiger partial charge in [-0.2, -0.15) is 5.10 Å². The molecule has 2 aromatic heterocycles. The van der Waals surface area contributed by atoms with E-state index in [0.717, 1.165) is 11.4 Å². The Labute approximate surface area is 112 Å². The van der Waals surface area contributed by atoms with E-state index in [9.17, 15) is 0 Å². The average Bonchev–Trinajstić information content (AvgIpc) is 2.58. The van der Waals surface area contributed by atoms with Crippen molar-refractivity contribution in [3.63, 3.8) is 0 Å². The first-order valence-corrected chi connectivity index (χ1v) is 5.99. The number of halogens is 1. The largest absolute Gasteiger partial charge is 0.434 e. The summed E-state index contributed by atoms with van der Waals surface area (Å²) in [7, 11) is 1.86. The molecule has 0 fully saturated rings. The molecule has 0 saturated heterocycles. The number of nitrogens with zero attached hydrogens (tertiary/aromatic N) is 4. The molecule has 18 heavy (non-hydrogen) atoms. The molecule has 0 aromatic carbocycles. The summed E-state index contributed by atoms with van der Waals surface area (Å²) >= 11 is 3.34. The van der Waals surface area contributed by atoms with Crippen LogP contribution in [0.4, 0.5) is 5.82 Å². The first kappa shape index (κ1) is 12.8. The first-order chi connectivity index (χ1) is 8.54. The second kappa shape index (κ2) is 4.91. The maximum atomic E-state index is 5.76. The molecular weight excluding hydrogens is 300 g/mol. The van der Waals surface area contributed by atoms with Crippen LogP contribution >= 0.6 is 15.9 Å². The lowest BCUT2D eigenvalue weighted by Crippen LogP contribution is -2.10. The molecule has 0 spiro atoms. The number of nitrogen functional groups attached to an aromatic ring is 1. The summed E-state index contributed by atoms with van der Waals surface area (Å²) in [5.41, 5.74) is 4.17. The number of nitrogens with two attached hydrogens (primary N) is 1. The molecule has 2 rings (SSSR count). The maximum Gasteiger partial charge on any atom is 0.239 e. The van der Waals surface area contributed by atoms with Crippen LogP contribution in [0.2, 0.25) is 0 Å². The van der Waals surface area contributed by atoms with E-state index in [1.165, 1.54) is 6.33 Å². The summed E-state index contributed by atoms with van der Waals surface area (Å²) in [6, 6.07) is 0. The van der Waals surface area contributed by atoms with Crippen LogP contribution in [0.1, 0.15) is 11.4 Å².